The van der Waals surface area contributed by atoms with E-state index in [4.69, 9.17) is 11.6 Å². The molecule has 0 saturated heterocycles. The molecule has 0 saturated carbocycles. The van der Waals surface area contributed by atoms with Gasteiger partial charge in [0.15, 0.2) is 0 Å². The van der Waals surface area contributed by atoms with Crippen LogP contribution < -0.4 is 5.32 Å². The van der Waals surface area contributed by atoms with Gasteiger partial charge in [-0.1, -0.05) is 24.3 Å². The van der Waals surface area contributed by atoms with Crippen molar-refractivity contribution in [1.29, 1.82) is 0 Å². The van der Waals surface area contributed by atoms with Crippen molar-refractivity contribution in [3.8, 4) is 0 Å². The fraction of sp³-hybridized carbons (Fsp3) is 0.200. The van der Waals surface area contributed by atoms with Crippen LogP contribution in [0.3, 0.4) is 0 Å². The predicted octanol–water partition coefficient (Wildman–Crippen LogP) is 3.92. The number of halogens is 1. The largest absolute Gasteiger partial charge is 0.366 e. The number of fused-ring (bicyclic) bond motifs is 2. The summed E-state index contributed by atoms with van der Waals surface area (Å²) in [5.74, 6) is 0.846. The van der Waals surface area contributed by atoms with E-state index in [0.29, 0.717) is 11.3 Å². The van der Waals surface area contributed by atoms with Crippen molar-refractivity contribution in [3.63, 3.8) is 0 Å². The van der Waals surface area contributed by atoms with Crippen molar-refractivity contribution in [1.82, 2.24) is 9.97 Å². The van der Waals surface area contributed by atoms with E-state index in [1.807, 2.05) is 11.4 Å². The molecule has 0 amide bonds. The standard InChI is InChI=1S/C15H12ClN3S/c16-15-18-13(12-5-6-20-14(12)19-15)17-11-7-9-3-1-2-4-10(9)8-11/h1-6,11H,7-8H2,(H,17,18,19). The number of nitrogens with zero attached hydrogens (tertiary/aromatic N) is 2. The van der Waals surface area contributed by atoms with Gasteiger partial charge in [-0.2, -0.15) is 0 Å². The monoisotopic (exact) mass is 301 g/mol. The lowest BCUT2D eigenvalue weighted by Gasteiger charge is -2.13. The molecule has 1 aliphatic rings. The zero-order chi connectivity index (χ0) is 13.5. The molecule has 0 atom stereocenters. The number of anilines is 1. The summed E-state index contributed by atoms with van der Waals surface area (Å²) in [5, 5.41) is 6.90. The third kappa shape index (κ3) is 2.05. The Hall–Kier alpha value is -1.65. The molecule has 0 aliphatic heterocycles. The van der Waals surface area contributed by atoms with E-state index >= 15 is 0 Å². The van der Waals surface area contributed by atoms with E-state index in [9.17, 15) is 0 Å². The van der Waals surface area contributed by atoms with Gasteiger partial charge in [-0.05, 0) is 47.0 Å². The summed E-state index contributed by atoms with van der Waals surface area (Å²) in [6, 6.07) is 11.0. The van der Waals surface area contributed by atoms with Gasteiger partial charge in [-0.25, -0.2) is 9.97 Å². The zero-order valence-electron chi connectivity index (χ0n) is 10.6. The third-order valence-corrected chi connectivity index (χ3v) is 4.67. The second-order valence-electron chi connectivity index (χ2n) is 5.00. The number of hydrogen-bond acceptors (Lipinski definition) is 4. The SMILES string of the molecule is Clc1nc(NC2Cc3ccccc3C2)c2ccsc2n1. The van der Waals surface area contributed by atoms with Gasteiger partial charge in [0.25, 0.3) is 0 Å². The average molecular weight is 302 g/mol. The molecule has 0 radical (unpaired) electrons. The molecule has 0 fully saturated rings. The van der Waals surface area contributed by atoms with Gasteiger partial charge in [0.1, 0.15) is 10.6 Å². The normalized spacial score (nSPS) is 14.7. The predicted molar refractivity (Wildman–Crippen MR) is 83.7 cm³/mol. The summed E-state index contributed by atoms with van der Waals surface area (Å²) in [4.78, 5) is 9.53. The Kier molecular flexibility index (Phi) is 2.86. The first-order valence-corrected chi connectivity index (χ1v) is 7.79. The van der Waals surface area contributed by atoms with Gasteiger partial charge in [0, 0.05) is 6.04 Å². The van der Waals surface area contributed by atoms with E-state index in [0.717, 1.165) is 28.9 Å². The molecule has 0 bridgehead atoms. The Morgan fingerprint density at radius 2 is 1.85 bits per heavy atom. The molecule has 1 aromatic carbocycles. The molecule has 3 nitrogen and oxygen atoms in total. The number of nitrogens with one attached hydrogen (secondary N) is 1. The molecule has 1 aliphatic carbocycles. The highest BCUT2D eigenvalue weighted by molar-refractivity contribution is 7.16. The Morgan fingerprint density at radius 3 is 2.60 bits per heavy atom. The molecule has 3 aromatic rings. The Bertz CT molecular complexity index is 759. The minimum atomic E-state index is 0.304. The lowest BCUT2D eigenvalue weighted by atomic mass is 10.1. The number of aromatic nitrogens is 2. The van der Waals surface area contributed by atoms with Crippen LogP contribution in [-0.4, -0.2) is 16.0 Å². The highest BCUT2D eigenvalue weighted by atomic mass is 35.5. The highest BCUT2D eigenvalue weighted by Gasteiger charge is 2.22. The van der Waals surface area contributed by atoms with Crippen LogP contribution in [0.25, 0.3) is 10.2 Å². The van der Waals surface area contributed by atoms with Gasteiger partial charge < -0.3 is 5.32 Å². The van der Waals surface area contributed by atoms with E-state index in [1.54, 1.807) is 11.3 Å². The van der Waals surface area contributed by atoms with Crippen LogP contribution in [0.1, 0.15) is 11.1 Å². The van der Waals surface area contributed by atoms with Crippen molar-refractivity contribution in [2.75, 3.05) is 5.32 Å². The lowest BCUT2D eigenvalue weighted by molar-refractivity contribution is 0.770. The van der Waals surface area contributed by atoms with Crippen LogP contribution >= 0.6 is 22.9 Å². The second-order valence-corrected chi connectivity index (χ2v) is 6.23. The topological polar surface area (TPSA) is 37.8 Å². The van der Waals surface area contributed by atoms with Gasteiger partial charge in [0.05, 0.1) is 5.39 Å². The molecular weight excluding hydrogens is 290 g/mol. The van der Waals surface area contributed by atoms with Gasteiger partial charge >= 0.3 is 0 Å². The fourth-order valence-corrected chi connectivity index (χ4v) is 3.78. The minimum Gasteiger partial charge on any atom is -0.366 e. The molecule has 1 N–H and O–H groups in total. The van der Waals surface area contributed by atoms with Gasteiger partial charge in [0.2, 0.25) is 5.28 Å². The van der Waals surface area contributed by atoms with Crippen molar-refractivity contribution in [2.24, 2.45) is 0 Å². The summed E-state index contributed by atoms with van der Waals surface area (Å²) >= 11 is 7.59. The molecule has 4 rings (SSSR count). The number of rotatable bonds is 2. The molecule has 2 heterocycles. The summed E-state index contributed by atoms with van der Waals surface area (Å²) < 4.78 is 0. The van der Waals surface area contributed by atoms with Gasteiger partial charge in [-0.15, -0.1) is 11.3 Å². The molecular formula is C15H12ClN3S. The zero-order valence-corrected chi connectivity index (χ0v) is 12.2. The van der Waals surface area contributed by atoms with Crippen LogP contribution in [0.15, 0.2) is 35.7 Å². The maximum Gasteiger partial charge on any atom is 0.225 e. The van der Waals surface area contributed by atoms with E-state index in [1.165, 1.54) is 11.1 Å². The quantitative estimate of drug-likeness (QED) is 0.729. The summed E-state index contributed by atoms with van der Waals surface area (Å²) in [6.45, 7) is 0. The molecule has 0 spiro atoms. The second kappa shape index (κ2) is 4.72. The minimum absolute atomic E-state index is 0.304. The fourth-order valence-electron chi connectivity index (χ4n) is 2.79. The Morgan fingerprint density at radius 1 is 1.10 bits per heavy atom. The molecule has 20 heavy (non-hydrogen) atoms. The van der Waals surface area contributed by atoms with Crippen LogP contribution in [0.5, 0.6) is 0 Å². The first kappa shape index (κ1) is 12.1. The maximum atomic E-state index is 6.00. The van der Waals surface area contributed by atoms with Crippen LogP contribution in [-0.2, 0) is 12.8 Å². The molecule has 100 valence electrons. The number of hydrogen-bond donors (Lipinski definition) is 1. The highest BCUT2D eigenvalue weighted by Crippen LogP contribution is 2.29. The number of benzene rings is 1. The Balaban J connectivity index is 1.65. The summed E-state index contributed by atoms with van der Waals surface area (Å²) in [6.07, 6.45) is 2.06. The Labute approximate surface area is 125 Å². The molecule has 0 unspecified atom stereocenters. The van der Waals surface area contributed by atoms with Crippen molar-refractivity contribution in [3.05, 3.63) is 52.1 Å². The van der Waals surface area contributed by atoms with E-state index < -0.39 is 0 Å². The lowest BCUT2D eigenvalue weighted by Crippen LogP contribution is -2.20. The maximum absolute atomic E-state index is 6.00. The first-order valence-electron chi connectivity index (χ1n) is 6.53. The summed E-state index contributed by atoms with van der Waals surface area (Å²) in [5.41, 5.74) is 2.85. The smallest absolute Gasteiger partial charge is 0.225 e. The van der Waals surface area contributed by atoms with E-state index in [-0.39, 0.29) is 0 Å². The average Bonchev–Trinajstić information content (AvgIpc) is 3.03. The van der Waals surface area contributed by atoms with Gasteiger partial charge in [-0.3, -0.25) is 0 Å². The van der Waals surface area contributed by atoms with Crippen LogP contribution in [0.2, 0.25) is 5.28 Å². The van der Waals surface area contributed by atoms with E-state index in [2.05, 4.69) is 39.6 Å². The molecule has 5 heteroatoms. The van der Waals surface area contributed by atoms with Crippen molar-refractivity contribution in [2.45, 2.75) is 18.9 Å². The van der Waals surface area contributed by atoms with Crippen molar-refractivity contribution < 1.29 is 0 Å². The molecule has 2 aromatic heterocycles. The first-order chi connectivity index (χ1) is 9.79. The van der Waals surface area contributed by atoms with Crippen LogP contribution in [0, 0.1) is 0 Å². The van der Waals surface area contributed by atoms with Crippen LogP contribution in [0.4, 0.5) is 5.82 Å². The number of thiophene rings is 1. The summed E-state index contributed by atoms with van der Waals surface area (Å²) in [7, 11) is 0. The third-order valence-electron chi connectivity index (χ3n) is 3.69. The van der Waals surface area contributed by atoms with Crippen molar-refractivity contribution >= 4 is 39.0 Å².